The number of carbonyl (C=O) groups is 1. The van der Waals surface area contributed by atoms with Gasteiger partial charge in [-0.3, -0.25) is 0 Å². The van der Waals surface area contributed by atoms with E-state index in [2.05, 4.69) is 22.5 Å². The molecule has 43 heavy (non-hydrogen) atoms. The number of aliphatic hydroxyl groups excluding tert-OH is 1. The van der Waals surface area contributed by atoms with Gasteiger partial charge in [0.25, 0.3) is 0 Å². The minimum Gasteiger partial charge on any atom is -0.392 e. The minimum atomic E-state index is -0.615. The summed E-state index contributed by atoms with van der Waals surface area (Å²) in [7, 11) is 0. The van der Waals surface area contributed by atoms with Crippen LogP contribution in [-0.4, -0.2) is 60.8 Å². The lowest BCUT2D eigenvalue weighted by Crippen LogP contribution is -2.50. The van der Waals surface area contributed by atoms with Crippen LogP contribution in [0.2, 0.25) is 0 Å². The number of benzene rings is 3. The SMILES string of the molecule is CC1C(CN2CCC3(CC2)OCCO3)OC(c2cccc(NC(=O)NCc3ccccc3)c2)OC1c1ccc(CO)cc1. The number of anilines is 1. The molecule has 2 amide bonds. The molecule has 6 rings (SSSR count). The first-order chi connectivity index (χ1) is 21.0. The van der Waals surface area contributed by atoms with E-state index in [0.29, 0.717) is 25.4 Å². The molecular weight excluding hydrogens is 546 g/mol. The van der Waals surface area contributed by atoms with Gasteiger partial charge in [-0.25, -0.2) is 4.79 Å². The fraction of sp³-hybridized carbons (Fsp3) is 0.441. The molecule has 3 aromatic carbocycles. The fourth-order valence-corrected chi connectivity index (χ4v) is 6.16. The van der Waals surface area contributed by atoms with E-state index >= 15 is 0 Å². The van der Waals surface area contributed by atoms with Gasteiger partial charge in [0, 0.05) is 56.2 Å². The molecule has 4 unspecified atom stereocenters. The summed E-state index contributed by atoms with van der Waals surface area (Å²) in [6.07, 6.45) is 0.780. The Morgan fingerprint density at radius 3 is 2.37 bits per heavy atom. The molecule has 3 aliphatic heterocycles. The molecule has 3 N–H and O–H groups in total. The van der Waals surface area contributed by atoms with Gasteiger partial charge in [-0.2, -0.15) is 0 Å². The van der Waals surface area contributed by atoms with Gasteiger partial charge in [-0.05, 0) is 28.8 Å². The molecule has 3 fully saturated rings. The first-order valence-corrected chi connectivity index (χ1v) is 15.2. The topological polar surface area (TPSA) is 102 Å². The van der Waals surface area contributed by atoms with Crippen molar-refractivity contribution in [3.05, 3.63) is 101 Å². The number of nitrogens with one attached hydrogen (secondary N) is 2. The van der Waals surface area contributed by atoms with E-state index in [4.69, 9.17) is 18.9 Å². The molecule has 0 bridgehead atoms. The smallest absolute Gasteiger partial charge is 0.319 e. The molecule has 1 spiro atoms. The number of carbonyl (C=O) groups excluding carboxylic acids is 1. The van der Waals surface area contributed by atoms with E-state index in [1.807, 2.05) is 78.9 Å². The Hall–Kier alpha value is -3.31. The van der Waals surface area contributed by atoms with Gasteiger partial charge in [0.1, 0.15) is 0 Å². The third-order valence-electron chi connectivity index (χ3n) is 8.71. The van der Waals surface area contributed by atoms with Crippen LogP contribution >= 0.6 is 0 Å². The highest BCUT2D eigenvalue weighted by Crippen LogP contribution is 2.42. The van der Waals surface area contributed by atoms with Gasteiger partial charge >= 0.3 is 6.03 Å². The molecule has 3 heterocycles. The van der Waals surface area contributed by atoms with E-state index in [1.165, 1.54) is 0 Å². The largest absolute Gasteiger partial charge is 0.392 e. The van der Waals surface area contributed by atoms with Crippen molar-refractivity contribution in [3.8, 4) is 0 Å². The fourth-order valence-electron chi connectivity index (χ4n) is 6.16. The molecule has 3 saturated heterocycles. The molecule has 0 aromatic heterocycles. The van der Waals surface area contributed by atoms with Crippen molar-refractivity contribution in [1.29, 1.82) is 0 Å². The van der Waals surface area contributed by atoms with Crippen LogP contribution < -0.4 is 10.6 Å². The molecule has 0 saturated carbocycles. The van der Waals surface area contributed by atoms with Gasteiger partial charge < -0.3 is 39.6 Å². The number of nitrogens with zero attached hydrogens (tertiary/aromatic N) is 1. The lowest BCUT2D eigenvalue weighted by atomic mass is 9.89. The molecule has 9 heteroatoms. The minimum absolute atomic E-state index is 0.00167. The maximum absolute atomic E-state index is 12.6. The number of aliphatic hydroxyl groups is 1. The van der Waals surface area contributed by atoms with Crippen molar-refractivity contribution in [2.75, 3.05) is 38.2 Å². The lowest BCUT2D eigenvalue weighted by Gasteiger charge is -2.44. The van der Waals surface area contributed by atoms with Gasteiger partial charge in [0.2, 0.25) is 0 Å². The van der Waals surface area contributed by atoms with Crippen LogP contribution in [-0.2, 0) is 32.1 Å². The summed E-state index contributed by atoms with van der Waals surface area (Å²) in [5.41, 5.74) is 4.43. The predicted octanol–water partition coefficient (Wildman–Crippen LogP) is 5.13. The van der Waals surface area contributed by atoms with Gasteiger partial charge in [0.15, 0.2) is 12.1 Å². The second-order valence-electron chi connectivity index (χ2n) is 11.6. The van der Waals surface area contributed by atoms with Crippen LogP contribution in [0.5, 0.6) is 0 Å². The van der Waals surface area contributed by atoms with Crippen LogP contribution in [0, 0.1) is 5.92 Å². The molecule has 0 radical (unpaired) electrons. The third-order valence-corrected chi connectivity index (χ3v) is 8.71. The van der Waals surface area contributed by atoms with Crippen molar-refractivity contribution in [2.45, 2.75) is 57.2 Å². The van der Waals surface area contributed by atoms with E-state index in [9.17, 15) is 9.90 Å². The Balaban J connectivity index is 1.16. The van der Waals surface area contributed by atoms with E-state index in [-0.39, 0.29) is 30.8 Å². The third kappa shape index (κ3) is 7.26. The monoisotopic (exact) mass is 587 g/mol. The zero-order valence-electron chi connectivity index (χ0n) is 24.6. The number of piperidine rings is 1. The average molecular weight is 588 g/mol. The number of hydrogen-bond donors (Lipinski definition) is 3. The van der Waals surface area contributed by atoms with Gasteiger partial charge in [-0.1, -0.05) is 73.7 Å². The van der Waals surface area contributed by atoms with Crippen molar-refractivity contribution >= 4 is 11.7 Å². The second kappa shape index (κ2) is 13.5. The summed E-state index contributed by atoms with van der Waals surface area (Å²) in [5, 5.41) is 15.4. The zero-order valence-corrected chi connectivity index (χ0v) is 24.6. The Bertz CT molecular complexity index is 1340. The average Bonchev–Trinajstić information content (AvgIpc) is 3.50. The second-order valence-corrected chi connectivity index (χ2v) is 11.6. The highest BCUT2D eigenvalue weighted by molar-refractivity contribution is 5.89. The predicted molar refractivity (Wildman–Crippen MR) is 162 cm³/mol. The van der Waals surface area contributed by atoms with Crippen molar-refractivity contribution in [3.63, 3.8) is 0 Å². The number of urea groups is 1. The summed E-state index contributed by atoms with van der Waals surface area (Å²) >= 11 is 0. The van der Waals surface area contributed by atoms with Crippen LogP contribution in [0.15, 0.2) is 78.9 Å². The quantitative estimate of drug-likeness (QED) is 0.336. The van der Waals surface area contributed by atoms with E-state index in [0.717, 1.165) is 54.7 Å². The Morgan fingerprint density at radius 2 is 1.65 bits per heavy atom. The number of amides is 2. The van der Waals surface area contributed by atoms with Crippen LogP contribution in [0.1, 0.15) is 54.4 Å². The molecule has 4 atom stereocenters. The summed E-state index contributed by atoms with van der Waals surface area (Å²) in [4.78, 5) is 15.1. The van der Waals surface area contributed by atoms with Crippen LogP contribution in [0.25, 0.3) is 0 Å². The van der Waals surface area contributed by atoms with Crippen molar-refractivity contribution in [2.24, 2.45) is 5.92 Å². The molecule has 9 nitrogen and oxygen atoms in total. The highest BCUT2D eigenvalue weighted by Gasteiger charge is 2.43. The molecule has 3 aliphatic rings. The maximum Gasteiger partial charge on any atom is 0.319 e. The summed E-state index contributed by atoms with van der Waals surface area (Å²) in [5.74, 6) is -0.338. The summed E-state index contributed by atoms with van der Waals surface area (Å²) in [6, 6.07) is 25.1. The van der Waals surface area contributed by atoms with Crippen LogP contribution in [0.3, 0.4) is 0 Å². The molecular formula is C34H41N3O6. The van der Waals surface area contributed by atoms with Crippen molar-refractivity contribution in [1.82, 2.24) is 10.2 Å². The van der Waals surface area contributed by atoms with Crippen molar-refractivity contribution < 1.29 is 28.8 Å². The molecule has 0 aliphatic carbocycles. The zero-order chi connectivity index (χ0) is 29.6. The maximum atomic E-state index is 12.6. The first kappa shape index (κ1) is 29.7. The number of likely N-dealkylation sites (tertiary alicyclic amines) is 1. The van der Waals surface area contributed by atoms with E-state index < -0.39 is 12.1 Å². The summed E-state index contributed by atoms with van der Waals surface area (Å²) < 4.78 is 25.2. The number of hydrogen-bond acceptors (Lipinski definition) is 7. The normalized spacial score (nSPS) is 25.4. The standard InChI is InChI=1S/C34H41N3O6/c1-24-30(22-37-16-14-34(15-17-37)40-18-19-41-34)42-32(43-31(24)27-12-10-26(23-38)11-13-27)28-8-5-9-29(20-28)36-33(39)35-21-25-6-3-2-4-7-25/h2-13,20,24,30-32,38H,14-19,21-23H2,1H3,(H2,35,36,39). The number of ether oxygens (including phenoxy) is 4. The first-order valence-electron chi connectivity index (χ1n) is 15.2. The summed E-state index contributed by atoms with van der Waals surface area (Å²) in [6.45, 7) is 6.47. The van der Waals surface area contributed by atoms with E-state index in [1.54, 1.807) is 0 Å². The Kier molecular flexibility index (Phi) is 9.37. The van der Waals surface area contributed by atoms with Gasteiger partial charge in [-0.15, -0.1) is 0 Å². The molecule has 228 valence electrons. The van der Waals surface area contributed by atoms with Crippen LogP contribution in [0.4, 0.5) is 10.5 Å². The molecule has 3 aromatic rings. The van der Waals surface area contributed by atoms with Gasteiger partial charge in [0.05, 0.1) is 32.0 Å². The highest BCUT2D eigenvalue weighted by atomic mass is 16.7. The lowest BCUT2D eigenvalue weighted by molar-refractivity contribution is -0.278. The number of rotatable bonds is 8. The Morgan fingerprint density at radius 1 is 0.907 bits per heavy atom. The Labute approximate surface area is 253 Å².